The number of carbonyl (C=O) groups is 1. The van der Waals surface area contributed by atoms with E-state index in [9.17, 15) is 4.79 Å². The lowest BCUT2D eigenvalue weighted by Crippen LogP contribution is -2.35. The second-order valence-electron chi connectivity index (χ2n) is 4.38. The van der Waals surface area contributed by atoms with Gasteiger partial charge in [0.15, 0.2) is 0 Å². The van der Waals surface area contributed by atoms with Gasteiger partial charge in [-0.05, 0) is 24.5 Å². The molecule has 0 unspecified atom stereocenters. The summed E-state index contributed by atoms with van der Waals surface area (Å²) in [5.41, 5.74) is 1.84. The smallest absolute Gasteiger partial charge is 0.254 e. The molecule has 18 heavy (non-hydrogen) atoms. The lowest BCUT2D eigenvalue weighted by molar-refractivity contribution is 0.0718. The summed E-state index contributed by atoms with van der Waals surface area (Å²) in [4.78, 5) is 14.2. The van der Waals surface area contributed by atoms with Gasteiger partial charge < -0.3 is 10.0 Å². The predicted octanol–water partition coefficient (Wildman–Crippen LogP) is 2.48. The zero-order valence-corrected chi connectivity index (χ0v) is 11.4. The van der Waals surface area contributed by atoms with Crippen molar-refractivity contribution in [3.05, 3.63) is 35.4 Å². The first-order chi connectivity index (χ1) is 8.74. The van der Waals surface area contributed by atoms with Gasteiger partial charge in [0.2, 0.25) is 0 Å². The quantitative estimate of drug-likeness (QED) is 0.806. The summed E-state index contributed by atoms with van der Waals surface area (Å²) in [6, 6.07) is 7.71. The molecule has 0 saturated heterocycles. The van der Waals surface area contributed by atoms with E-state index in [4.69, 9.17) is 5.11 Å². The van der Waals surface area contributed by atoms with Crippen LogP contribution in [0, 0.1) is 0 Å². The van der Waals surface area contributed by atoms with Crippen molar-refractivity contribution in [1.82, 2.24) is 4.90 Å². The highest BCUT2D eigenvalue weighted by Gasteiger charge is 2.16. The molecule has 1 rings (SSSR count). The van der Waals surface area contributed by atoms with Gasteiger partial charge in [-0.15, -0.1) is 0 Å². The molecule has 0 fully saturated rings. The van der Waals surface area contributed by atoms with E-state index < -0.39 is 0 Å². The van der Waals surface area contributed by atoms with Gasteiger partial charge in [-0.25, -0.2) is 0 Å². The highest BCUT2D eigenvalue weighted by molar-refractivity contribution is 5.95. The Balaban J connectivity index is 2.86. The van der Waals surface area contributed by atoms with Crippen LogP contribution in [0.5, 0.6) is 0 Å². The Morgan fingerprint density at radius 2 is 1.94 bits per heavy atom. The average molecular weight is 249 g/mol. The van der Waals surface area contributed by atoms with E-state index in [1.165, 1.54) is 0 Å². The number of unbranched alkanes of at least 4 members (excludes halogenated alkanes) is 1. The van der Waals surface area contributed by atoms with Crippen LogP contribution in [0.25, 0.3) is 0 Å². The fourth-order valence-electron chi connectivity index (χ4n) is 1.99. The molecule has 0 aliphatic heterocycles. The van der Waals surface area contributed by atoms with Crippen molar-refractivity contribution in [2.45, 2.75) is 33.1 Å². The predicted molar refractivity (Wildman–Crippen MR) is 73.7 cm³/mol. The molecule has 0 bridgehead atoms. The topological polar surface area (TPSA) is 40.5 Å². The van der Waals surface area contributed by atoms with Crippen molar-refractivity contribution in [2.24, 2.45) is 0 Å². The fraction of sp³-hybridized carbons (Fsp3) is 0.533. The Bertz CT molecular complexity index is 377. The number of hydrogen-bond acceptors (Lipinski definition) is 2. The van der Waals surface area contributed by atoms with Gasteiger partial charge in [0.05, 0.1) is 6.61 Å². The average Bonchev–Trinajstić information content (AvgIpc) is 2.42. The Morgan fingerprint density at radius 1 is 1.22 bits per heavy atom. The van der Waals surface area contributed by atoms with Gasteiger partial charge in [0, 0.05) is 18.7 Å². The van der Waals surface area contributed by atoms with E-state index in [0.717, 1.165) is 30.4 Å². The number of aliphatic hydroxyl groups excluding tert-OH is 1. The molecule has 3 heteroatoms. The molecule has 0 aliphatic rings. The van der Waals surface area contributed by atoms with Gasteiger partial charge in [-0.1, -0.05) is 38.5 Å². The number of rotatable bonds is 7. The zero-order chi connectivity index (χ0) is 13.4. The van der Waals surface area contributed by atoms with Crippen LogP contribution in [-0.2, 0) is 6.42 Å². The van der Waals surface area contributed by atoms with Gasteiger partial charge in [0.1, 0.15) is 0 Å². The molecular formula is C15H23NO2. The van der Waals surface area contributed by atoms with Crippen LogP contribution < -0.4 is 0 Å². The largest absolute Gasteiger partial charge is 0.395 e. The second-order valence-corrected chi connectivity index (χ2v) is 4.38. The number of aryl methyl sites for hydroxylation is 1. The van der Waals surface area contributed by atoms with E-state index in [1.807, 2.05) is 24.3 Å². The van der Waals surface area contributed by atoms with Gasteiger partial charge in [0.25, 0.3) is 5.91 Å². The minimum Gasteiger partial charge on any atom is -0.395 e. The van der Waals surface area contributed by atoms with Crippen molar-refractivity contribution in [3.63, 3.8) is 0 Å². The highest BCUT2D eigenvalue weighted by atomic mass is 16.3. The summed E-state index contributed by atoms with van der Waals surface area (Å²) < 4.78 is 0. The lowest BCUT2D eigenvalue weighted by atomic mass is 10.0. The normalized spacial score (nSPS) is 10.4. The van der Waals surface area contributed by atoms with Crippen molar-refractivity contribution in [2.75, 3.05) is 19.7 Å². The van der Waals surface area contributed by atoms with E-state index in [-0.39, 0.29) is 12.5 Å². The van der Waals surface area contributed by atoms with Crippen LogP contribution in [0.2, 0.25) is 0 Å². The maximum Gasteiger partial charge on any atom is 0.254 e. The van der Waals surface area contributed by atoms with E-state index in [2.05, 4.69) is 13.8 Å². The SMILES string of the molecule is CCCCN(CCO)C(=O)c1ccccc1CC. The molecule has 0 aliphatic carbocycles. The number of carbonyl (C=O) groups excluding carboxylic acids is 1. The molecule has 0 radical (unpaired) electrons. The minimum absolute atomic E-state index is 0.0176. The van der Waals surface area contributed by atoms with Gasteiger partial charge in [-0.2, -0.15) is 0 Å². The molecule has 0 saturated carbocycles. The first-order valence-corrected chi connectivity index (χ1v) is 6.72. The fourth-order valence-corrected chi connectivity index (χ4v) is 1.99. The Kier molecular flexibility index (Phi) is 6.44. The molecular weight excluding hydrogens is 226 g/mol. The second kappa shape index (κ2) is 7.88. The van der Waals surface area contributed by atoms with E-state index in [0.29, 0.717) is 13.1 Å². The third kappa shape index (κ3) is 3.84. The van der Waals surface area contributed by atoms with Crippen LogP contribution in [0.3, 0.4) is 0 Å². The van der Waals surface area contributed by atoms with Crippen LogP contribution in [-0.4, -0.2) is 35.6 Å². The third-order valence-electron chi connectivity index (χ3n) is 3.07. The van der Waals surface area contributed by atoms with Crippen LogP contribution >= 0.6 is 0 Å². The maximum atomic E-state index is 12.4. The summed E-state index contributed by atoms with van der Waals surface area (Å²) in [5, 5.41) is 9.06. The van der Waals surface area contributed by atoms with Crippen molar-refractivity contribution >= 4 is 5.91 Å². The standard InChI is InChI=1S/C15H23NO2/c1-3-5-10-16(11-12-17)15(18)14-9-7-6-8-13(14)4-2/h6-9,17H,3-5,10-12H2,1-2H3. The van der Waals surface area contributed by atoms with Crippen LogP contribution in [0.4, 0.5) is 0 Å². The Morgan fingerprint density at radius 3 is 2.56 bits per heavy atom. The molecule has 1 aromatic carbocycles. The summed E-state index contributed by atoms with van der Waals surface area (Å²) in [7, 11) is 0. The van der Waals surface area contributed by atoms with Gasteiger partial charge in [-0.3, -0.25) is 4.79 Å². The molecule has 1 amide bonds. The lowest BCUT2D eigenvalue weighted by Gasteiger charge is -2.22. The molecule has 0 aromatic heterocycles. The molecule has 1 N–H and O–H groups in total. The molecule has 0 heterocycles. The number of amides is 1. The molecule has 3 nitrogen and oxygen atoms in total. The Labute approximate surface area is 109 Å². The van der Waals surface area contributed by atoms with E-state index >= 15 is 0 Å². The molecule has 0 atom stereocenters. The summed E-state index contributed by atoms with van der Waals surface area (Å²) in [6.45, 7) is 5.30. The number of hydrogen-bond donors (Lipinski definition) is 1. The molecule has 0 spiro atoms. The molecule has 100 valence electrons. The van der Waals surface area contributed by atoms with Crippen LogP contribution in [0.15, 0.2) is 24.3 Å². The van der Waals surface area contributed by atoms with Crippen LogP contribution in [0.1, 0.15) is 42.6 Å². The summed E-state index contributed by atoms with van der Waals surface area (Å²) >= 11 is 0. The Hall–Kier alpha value is -1.35. The number of nitrogens with zero attached hydrogens (tertiary/aromatic N) is 1. The molecule has 1 aromatic rings. The monoisotopic (exact) mass is 249 g/mol. The maximum absolute atomic E-state index is 12.4. The minimum atomic E-state index is 0.0176. The zero-order valence-electron chi connectivity index (χ0n) is 11.4. The first-order valence-electron chi connectivity index (χ1n) is 6.72. The number of benzene rings is 1. The first kappa shape index (κ1) is 14.7. The summed E-state index contributed by atoms with van der Waals surface area (Å²) in [5.74, 6) is 0.0370. The third-order valence-corrected chi connectivity index (χ3v) is 3.07. The summed E-state index contributed by atoms with van der Waals surface area (Å²) in [6.07, 6.45) is 2.87. The number of aliphatic hydroxyl groups is 1. The van der Waals surface area contributed by atoms with Crippen molar-refractivity contribution in [3.8, 4) is 0 Å². The van der Waals surface area contributed by atoms with Crippen molar-refractivity contribution < 1.29 is 9.90 Å². The van der Waals surface area contributed by atoms with Crippen molar-refractivity contribution in [1.29, 1.82) is 0 Å². The van der Waals surface area contributed by atoms with E-state index in [1.54, 1.807) is 4.90 Å². The van der Waals surface area contributed by atoms with Gasteiger partial charge >= 0.3 is 0 Å². The highest BCUT2D eigenvalue weighted by Crippen LogP contribution is 2.13.